The number of anilines is 1. The summed E-state index contributed by atoms with van der Waals surface area (Å²) < 4.78 is 31.2. The van der Waals surface area contributed by atoms with Gasteiger partial charge in [-0.15, -0.1) is 0 Å². The van der Waals surface area contributed by atoms with Crippen LogP contribution >= 0.6 is 0 Å². The van der Waals surface area contributed by atoms with E-state index in [-0.39, 0.29) is 11.5 Å². The number of esters is 1. The molecule has 1 N–H and O–H groups in total. The van der Waals surface area contributed by atoms with Crippen molar-refractivity contribution in [3.63, 3.8) is 0 Å². The van der Waals surface area contributed by atoms with E-state index < -0.39 is 35.6 Å². The Hall–Kier alpha value is -3.87. The second-order valence-electron chi connectivity index (χ2n) is 6.02. The second-order valence-corrected chi connectivity index (χ2v) is 6.02. The van der Waals surface area contributed by atoms with Gasteiger partial charge >= 0.3 is 5.97 Å². The molecular weight excluding hydrogens is 380 g/mol. The minimum atomic E-state index is -1.07. The van der Waals surface area contributed by atoms with E-state index in [2.05, 4.69) is 5.32 Å². The van der Waals surface area contributed by atoms with Gasteiger partial charge in [0.25, 0.3) is 5.91 Å². The molecule has 3 aromatic carbocycles. The Kier molecular flexibility index (Phi) is 6.09. The average Bonchev–Trinajstić information content (AvgIpc) is 2.73. The van der Waals surface area contributed by atoms with Gasteiger partial charge in [-0.1, -0.05) is 18.2 Å². The van der Waals surface area contributed by atoms with Crippen molar-refractivity contribution in [2.45, 2.75) is 0 Å². The Bertz CT molecular complexity index is 1050. The predicted molar refractivity (Wildman–Crippen MR) is 102 cm³/mol. The highest BCUT2D eigenvalue weighted by molar-refractivity contribution is 6.05. The van der Waals surface area contributed by atoms with Gasteiger partial charge in [0.05, 0.1) is 5.56 Å². The number of ketones is 1. The van der Waals surface area contributed by atoms with Crippen molar-refractivity contribution in [2.75, 3.05) is 11.9 Å². The number of amides is 1. The number of Topliss-reactive ketones (excluding diaryl/α,β-unsaturated/α-hetero) is 1. The minimum Gasteiger partial charge on any atom is -0.454 e. The van der Waals surface area contributed by atoms with Crippen LogP contribution in [0.15, 0.2) is 72.8 Å². The standard InChI is InChI=1S/C22H15F2NO4/c23-16-8-11-18(19(24)12-16)22(28)29-13-20(26)14-6-9-17(10-7-14)25-21(27)15-4-2-1-3-5-15/h1-12H,13H2,(H,25,27). The monoisotopic (exact) mass is 395 g/mol. The summed E-state index contributed by atoms with van der Waals surface area (Å²) in [6.45, 7) is -0.606. The van der Waals surface area contributed by atoms with Gasteiger partial charge in [-0.05, 0) is 48.5 Å². The van der Waals surface area contributed by atoms with E-state index in [1.807, 2.05) is 0 Å². The number of carbonyl (C=O) groups excluding carboxylic acids is 3. The molecule has 3 aromatic rings. The number of benzene rings is 3. The zero-order valence-corrected chi connectivity index (χ0v) is 15.0. The summed E-state index contributed by atoms with van der Waals surface area (Å²) in [5.41, 5.74) is 0.765. The second kappa shape index (κ2) is 8.88. The summed E-state index contributed by atoms with van der Waals surface area (Å²) in [7, 11) is 0. The zero-order valence-electron chi connectivity index (χ0n) is 15.0. The van der Waals surface area contributed by atoms with Crippen LogP contribution in [0.4, 0.5) is 14.5 Å². The van der Waals surface area contributed by atoms with Crippen LogP contribution in [0.5, 0.6) is 0 Å². The maximum Gasteiger partial charge on any atom is 0.341 e. The van der Waals surface area contributed by atoms with E-state index in [1.165, 1.54) is 24.3 Å². The fourth-order valence-corrected chi connectivity index (χ4v) is 2.48. The fraction of sp³-hybridized carbons (Fsp3) is 0.0455. The van der Waals surface area contributed by atoms with E-state index in [0.29, 0.717) is 17.3 Å². The van der Waals surface area contributed by atoms with Crippen molar-refractivity contribution in [1.82, 2.24) is 0 Å². The van der Waals surface area contributed by atoms with Crippen molar-refractivity contribution < 1.29 is 27.9 Å². The number of hydrogen-bond acceptors (Lipinski definition) is 4. The summed E-state index contributed by atoms with van der Waals surface area (Å²) in [6.07, 6.45) is 0. The molecule has 0 unspecified atom stereocenters. The molecule has 0 bridgehead atoms. The molecular formula is C22H15F2NO4. The molecule has 146 valence electrons. The maximum atomic E-state index is 13.6. The Balaban J connectivity index is 1.57. The number of carbonyl (C=O) groups is 3. The summed E-state index contributed by atoms with van der Waals surface area (Å²) in [5, 5.41) is 2.70. The molecule has 0 aromatic heterocycles. The highest BCUT2D eigenvalue weighted by atomic mass is 19.1. The Morgan fingerprint density at radius 3 is 2.17 bits per heavy atom. The van der Waals surface area contributed by atoms with Gasteiger partial charge in [0, 0.05) is 22.9 Å². The highest BCUT2D eigenvalue weighted by Crippen LogP contribution is 2.14. The number of nitrogens with one attached hydrogen (secondary N) is 1. The highest BCUT2D eigenvalue weighted by Gasteiger charge is 2.16. The van der Waals surface area contributed by atoms with E-state index in [1.54, 1.807) is 30.3 Å². The van der Waals surface area contributed by atoms with Crippen molar-refractivity contribution in [3.05, 3.63) is 101 Å². The molecule has 3 rings (SSSR count). The van der Waals surface area contributed by atoms with Crippen molar-refractivity contribution >= 4 is 23.3 Å². The molecule has 0 aliphatic rings. The minimum absolute atomic E-state index is 0.245. The summed E-state index contributed by atoms with van der Waals surface area (Å²) in [5.74, 6) is -3.76. The quantitative estimate of drug-likeness (QED) is 0.500. The molecule has 0 aliphatic carbocycles. The molecule has 29 heavy (non-hydrogen) atoms. The molecule has 0 saturated carbocycles. The third kappa shape index (κ3) is 5.10. The van der Waals surface area contributed by atoms with Gasteiger partial charge in [-0.2, -0.15) is 0 Å². The zero-order chi connectivity index (χ0) is 20.8. The first-order valence-electron chi connectivity index (χ1n) is 8.56. The lowest BCUT2D eigenvalue weighted by Gasteiger charge is -2.07. The molecule has 1 amide bonds. The molecule has 0 aliphatic heterocycles. The van der Waals surface area contributed by atoms with Crippen LogP contribution in [0.2, 0.25) is 0 Å². The van der Waals surface area contributed by atoms with Gasteiger partial charge in [0.15, 0.2) is 12.4 Å². The lowest BCUT2D eigenvalue weighted by atomic mass is 10.1. The van der Waals surface area contributed by atoms with E-state index in [4.69, 9.17) is 4.74 Å². The Morgan fingerprint density at radius 2 is 1.52 bits per heavy atom. The molecule has 5 nitrogen and oxygen atoms in total. The topological polar surface area (TPSA) is 72.5 Å². The van der Waals surface area contributed by atoms with E-state index in [9.17, 15) is 23.2 Å². The van der Waals surface area contributed by atoms with E-state index in [0.717, 1.165) is 12.1 Å². The van der Waals surface area contributed by atoms with Crippen molar-refractivity contribution in [3.8, 4) is 0 Å². The van der Waals surface area contributed by atoms with Crippen molar-refractivity contribution in [1.29, 1.82) is 0 Å². The third-order valence-corrected chi connectivity index (χ3v) is 3.99. The molecule has 0 saturated heterocycles. The van der Waals surface area contributed by atoms with Crippen LogP contribution in [0.3, 0.4) is 0 Å². The SMILES string of the molecule is O=C(COC(=O)c1ccc(F)cc1F)c1ccc(NC(=O)c2ccccc2)cc1. The Labute approximate surface area is 164 Å². The predicted octanol–water partition coefficient (Wildman–Crippen LogP) is 4.26. The van der Waals surface area contributed by atoms with Crippen LogP contribution in [-0.4, -0.2) is 24.3 Å². The van der Waals surface area contributed by atoms with Gasteiger partial charge in [0.2, 0.25) is 0 Å². The van der Waals surface area contributed by atoms with E-state index >= 15 is 0 Å². The molecule has 0 radical (unpaired) electrons. The molecule has 7 heteroatoms. The molecule has 0 atom stereocenters. The largest absolute Gasteiger partial charge is 0.454 e. The lowest BCUT2D eigenvalue weighted by Crippen LogP contribution is -2.15. The van der Waals surface area contributed by atoms with Crippen LogP contribution in [0.1, 0.15) is 31.1 Å². The summed E-state index contributed by atoms with van der Waals surface area (Å²) in [4.78, 5) is 36.1. The van der Waals surface area contributed by atoms with Gasteiger partial charge in [-0.3, -0.25) is 9.59 Å². The van der Waals surface area contributed by atoms with Crippen LogP contribution in [-0.2, 0) is 4.74 Å². The van der Waals surface area contributed by atoms with Gasteiger partial charge in [-0.25, -0.2) is 13.6 Å². The first kappa shape index (κ1) is 19.9. The first-order chi connectivity index (χ1) is 13.9. The molecule has 0 fully saturated rings. The van der Waals surface area contributed by atoms with Gasteiger partial charge < -0.3 is 10.1 Å². The van der Waals surface area contributed by atoms with Gasteiger partial charge in [0.1, 0.15) is 11.6 Å². The summed E-state index contributed by atoms with van der Waals surface area (Å²) >= 11 is 0. The Morgan fingerprint density at radius 1 is 0.828 bits per heavy atom. The molecule has 0 heterocycles. The average molecular weight is 395 g/mol. The van der Waals surface area contributed by atoms with Crippen LogP contribution < -0.4 is 5.32 Å². The normalized spacial score (nSPS) is 10.3. The maximum absolute atomic E-state index is 13.6. The number of ether oxygens (including phenoxy) is 1. The molecule has 0 spiro atoms. The smallest absolute Gasteiger partial charge is 0.341 e. The lowest BCUT2D eigenvalue weighted by molar-refractivity contribution is 0.0470. The number of halogens is 2. The first-order valence-corrected chi connectivity index (χ1v) is 8.56. The number of hydrogen-bond donors (Lipinski definition) is 1. The third-order valence-electron chi connectivity index (χ3n) is 3.99. The fourth-order valence-electron chi connectivity index (χ4n) is 2.48. The van der Waals surface area contributed by atoms with Crippen LogP contribution in [0.25, 0.3) is 0 Å². The summed E-state index contributed by atoms with van der Waals surface area (Å²) in [6, 6.07) is 17.1. The number of rotatable bonds is 6. The van der Waals surface area contributed by atoms with Crippen molar-refractivity contribution in [2.24, 2.45) is 0 Å². The van der Waals surface area contributed by atoms with Crippen LogP contribution in [0, 0.1) is 11.6 Å².